The smallest absolute Gasteiger partial charge is 0.220 e. The summed E-state index contributed by atoms with van der Waals surface area (Å²) >= 11 is 0. The molecule has 0 saturated heterocycles. The topological polar surface area (TPSA) is 49.3 Å². The van der Waals surface area contributed by atoms with E-state index in [2.05, 4.69) is 54.7 Å². The third-order valence-corrected chi connectivity index (χ3v) is 7.47. The van der Waals surface area contributed by atoms with Crippen LogP contribution in [0.1, 0.15) is 61.6 Å². The lowest BCUT2D eigenvalue weighted by Gasteiger charge is -2.18. The zero-order valence-corrected chi connectivity index (χ0v) is 20.5. The molecule has 0 bridgehead atoms. The second-order valence-electron chi connectivity index (χ2n) is 10.2. The number of unbranched alkanes of at least 4 members (excludes halogenated alkanes) is 1. The van der Waals surface area contributed by atoms with Crippen molar-refractivity contribution in [2.45, 2.75) is 70.9 Å². The largest absolute Gasteiger partial charge is 0.392 e. The highest BCUT2D eigenvalue weighted by molar-refractivity contribution is 5.75. The maximum Gasteiger partial charge on any atom is 0.220 e. The third-order valence-electron chi connectivity index (χ3n) is 7.47. The van der Waals surface area contributed by atoms with E-state index >= 15 is 0 Å². The molecule has 4 atom stereocenters. The van der Waals surface area contributed by atoms with Crippen molar-refractivity contribution in [3.05, 3.63) is 95.1 Å². The van der Waals surface area contributed by atoms with Gasteiger partial charge in [0.2, 0.25) is 5.91 Å². The number of benzene rings is 2. The van der Waals surface area contributed by atoms with Crippen molar-refractivity contribution in [3.8, 4) is 0 Å². The van der Waals surface area contributed by atoms with Crippen LogP contribution in [-0.2, 0) is 17.8 Å². The number of nitrogens with one attached hydrogen (secondary N) is 1. The van der Waals surface area contributed by atoms with Crippen molar-refractivity contribution in [1.29, 1.82) is 0 Å². The first kappa shape index (κ1) is 24.5. The Hall–Kier alpha value is -2.65. The third kappa shape index (κ3) is 6.93. The molecule has 0 heterocycles. The number of carbonyl (C=O) groups is 1. The predicted octanol–water partition coefficient (Wildman–Crippen LogP) is 6.30. The van der Waals surface area contributed by atoms with Crippen molar-refractivity contribution in [2.75, 3.05) is 0 Å². The number of aliphatic hydroxyl groups is 1. The molecule has 0 radical (unpaired) electrons. The van der Waals surface area contributed by atoms with Gasteiger partial charge in [0.05, 0.1) is 6.10 Å². The van der Waals surface area contributed by atoms with Gasteiger partial charge >= 0.3 is 0 Å². The van der Waals surface area contributed by atoms with E-state index in [9.17, 15) is 9.90 Å². The molecule has 1 fully saturated rings. The van der Waals surface area contributed by atoms with Gasteiger partial charge in [0.15, 0.2) is 0 Å². The number of fused-ring (bicyclic) bond motifs is 1. The van der Waals surface area contributed by atoms with E-state index in [1.54, 1.807) is 0 Å². The molecule has 2 aromatic rings. The first-order chi connectivity index (χ1) is 16.6. The van der Waals surface area contributed by atoms with Gasteiger partial charge in [-0.2, -0.15) is 0 Å². The van der Waals surface area contributed by atoms with Crippen LogP contribution in [0.4, 0.5) is 0 Å². The van der Waals surface area contributed by atoms with Crippen LogP contribution in [0, 0.1) is 24.7 Å². The lowest BCUT2D eigenvalue weighted by molar-refractivity contribution is -0.121. The molecule has 2 aliphatic carbocycles. The Morgan fingerprint density at radius 2 is 1.88 bits per heavy atom. The maximum absolute atomic E-state index is 12.1. The monoisotopic (exact) mass is 457 g/mol. The van der Waals surface area contributed by atoms with E-state index in [1.807, 2.05) is 30.3 Å². The molecule has 0 aromatic heterocycles. The van der Waals surface area contributed by atoms with Crippen molar-refractivity contribution < 1.29 is 9.90 Å². The predicted molar refractivity (Wildman–Crippen MR) is 139 cm³/mol. The highest BCUT2D eigenvalue weighted by Gasteiger charge is 2.43. The number of allylic oxidation sites excluding steroid dienone is 3. The van der Waals surface area contributed by atoms with Crippen LogP contribution in [0.2, 0.25) is 0 Å². The van der Waals surface area contributed by atoms with Gasteiger partial charge in [-0.15, -0.1) is 0 Å². The van der Waals surface area contributed by atoms with E-state index in [1.165, 1.54) is 16.7 Å². The number of hydrogen-bond acceptors (Lipinski definition) is 2. The molecule has 0 aliphatic heterocycles. The minimum Gasteiger partial charge on any atom is -0.392 e. The molecule has 34 heavy (non-hydrogen) atoms. The summed E-state index contributed by atoms with van der Waals surface area (Å²) < 4.78 is 0. The SMILES string of the molecule is Cc1cccc(CCC=C[C@@H]2[C@H]3CC(CCCCC(=O)NCc4ccccc4)=C[C@H]3C[C@H]2O)c1. The van der Waals surface area contributed by atoms with Crippen LogP contribution in [-0.4, -0.2) is 17.1 Å². The zero-order valence-electron chi connectivity index (χ0n) is 20.5. The lowest BCUT2D eigenvalue weighted by Crippen LogP contribution is -2.22. The molecule has 2 aliphatic rings. The van der Waals surface area contributed by atoms with Gasteiger partial charge in [-0.25, -0.2) is 0 Å². The van der Waals surface area contributed by atoms with E-state index < -0.39 is 0 Å². The van der Waals surface area contributed by atoms with Crippen LogP contribution < -0.4 is 5.32 Å². The summed E-state index contributed by atoms with van der Waals surface area (Å²) in [7, 11) is 0. The summed E-state index contributed by atoms with van der Waals surface area (Å²) in [4.78, 5) is 12.1. The molecular weight excluding hydrogens is 418 g/mol. The number of amides is 1. The van der Waals surface area contributed by atoms with E-state index in [4.69, 9.17) is 0 Å². The van der Waals surface area contributed by atoms with E-state index in [0.29, 0.717) is 24.8 Å². The molecule has 0 unspecified atom stereocenters. The molecule has 3 nitrogen and oxygen atoms in total. The number of rotatable bonds is 11. The van der Waals surface area contributed by atoms with Gasteiger partial charge in [-0.1, -0.05) is 84.0 Å². The maximum atomic E-state index is 12.1. The van der Waals surface area contributed by atoms with Crippen LogP contribution in [0.25, 0.3) is 0 Å². The Kier molecular flexibility index (Phi) is 8.76. The highest BCUT2D eigenvalue weighted by Crippen LogP contribution is 2.48. The van der Waals surface area contributed by atoms with Crippen LogP contribution >= 0.6 is 0 Å². The Morgan fingerprint density at radius 1 is 1.06 bits per heavy atom. The minimum absolute atomic E-state index is 0.139. The number of aliphatic hydroxyl groups excluding tert-OH is 1. The number of hydrogen-bond donors (Lipinski definition) is 2. The summed E-state index contributed by atoms with van der Waals surface area (Å²) in [5.41, 5.74) is 5.37. The molecule has 3 heteroatoms. The molecule has 4 rings (SSSR count). The minimum atomic E-state index is -0.212. The van der Waals surface area contributed by atoms with Gasteiger partial charge in [0.25, 0.3) is 0 Å². The zero-order chi connectivity index (χ0) is 23.8. The number of carbonyl (C=O) groups excluding carboxylic acids is 1. The Labute approximate surface area is 205 Å². The Bertz CT molecular complexity index is 994. The first-order valence-electron chi connectivity index (χ1n) is 13.0. The fourth-order valence-corrected chi connectivity index (χ4v) is 5.68. The van der Waals surface area contributed by atoms with Crippen LogP contribution in [0.5, 0.6) is 0 Å². The average Bonchev–Trinajstić information content (AvgIpc) is 3.35. The van der Waals surface area contributed by atoms with E-state index in [0.717, 1.165) is 50.5 Å². The Morgan fingerprint density at radius 3 is 2.71 bits per heavy atom. The van der Waals surface area contributed by atoms with Gasteiger partial charge in [0, 0.05) is 18.9 Å². The second-order valence-corrected chi connectivity index (χ2v) is 10.2. The lowest BCUT2D eigenvalue weighted by atomic mass is 9.88. The highest BCUT2D eigenvalue weighted by atomic mass is 16.3. The van der Waals surface area contributed by atoms with Crippen LogP contribution in [0.3, 0.4) is 0 Å². The fourth-order valence-electron chi connectivity index (χ4n) is 5.68. The van der Waals surface area contributed by atoms with Gasteiger partial charge in [-0.3, -0.25) is 4.79 Å². The average molecular weight is 458 g/mol. The standard InChI is InChI=1S/C31H39NO2/c1-23-10-9-15-24(18-23)11-5-7-16-28-29-20-26(19-27(29)21-30(28)33)14-6-8-17-31(34)32-22-25-12-3-2-4-13-25/h2-4,7,9-10,12-13,15-16,18-19,27-30,33H,5-6,8,11,14,17,20-22H2,1H3,(H,32,34)/t27-,28+,29-,30+/m0/s1. The molecule has 180 valence electrons. The summed E-state index contributed by atoms with van der Waals surface area (Å²) in [6.07, 6.45) is 14.5. The Balaban J connectivity index is 1.14. The summed E-state index contributed by atoms with van der Waals surface area (Å²) in [5, 5.41) is 13.6. The van der Waals surface area contributed by atoms with Crippen molar-refractivity contribution in [3.63, 3.8) is 0 Å². The molecular formula is C31H39NO2. The second kappa shape index (κ2) is 12.2. The summed E-state index contributed by atoms with van der Waals surface area (Å²) in [6.45, 7) is 2.75. The molecule has 1 saturated carbocycles. The number of aryl methyl sites for hydroxylation is 2. The summed E-state index contributed by atoms with van der Waals surface area (Å²) in [5.74, 6) is 1.49. The molecule has 1 amide bonds. The fraction of sp³-hybridized carbons (Fsp3) is 0.452. The summed E-state index contributed by atoms with van der Waals surface area (Å²) in [6, 6.07) is 18.8. The quantitative estimate of drug-likeness (QED) is 0.307. The van der Waals surface area contributed by atoms with Gasteiger partial charge < -0.3 is 10.4 Å². The molecule has 0 spiro atoms. The first-order valence-corrected chi connectivity index (χ1v) is 13.0. The van der Waals surface area contributed by atoms with Crippen molar-refractivity contribution in [1.82, 2.24) is 5.32 Å². The van der Waals surface area contributed by atoms with E-state index in [-0.39, 0.29) is 17.9 Å². The van der Waals surface area contributed by atoms with Gasteiger partial charge in [0.1, 0.15) is 0 Å². The van der Waals surface area contributed by atoms with Gasteiger partial charge in [-0.05, 0) is 74.8 Å². The molecule has 2 N–H and O–H groups in total. The van der Waals surface area contributed by atoms with Crippen molar-refractivity contribution in [2.24, 2.45) is 17.8 Å². The molecule has 2 aromatic carbocycles. The van der Waals surface area contributed by atoms with Crippen molar-refractivity contribution >= 4 is 5.91 Å². The normalized spacial score (nSPS) is 23.8. The van der Waals surface area contributed by atoms with Crippen LogP contribution in [0.15, 0.2) is 78.4 Å².